The summed E-state index contributed by atoms with van der Waals surface area (Å²) in [6.45, 7) is 7.67. The normalized spacial score (nSPS) is 25.9. The lowest BCUT2D eigenvalue weighted by Crippen LogP contribution is -2.42. The van der Waals surface area contributed by atoms with Crippen molar-refractivity contribution in [2.75, 3.05) is 13.1 Å². The van der Waals surface area contributed by atoms with Crippen LogP contribution in [0.2, 0.25) is 0 Å². The molecule has 132 valence electrons. The van der Waals surface area contributed by atoms with Crippen LogP contribution in [0.3, 0.4) is 0 Å². The van der Waals surface area contributed by atoms with Crippen LogP contribution >= 0.6 is 0 Å². The Kier molecular flexibility index (Phi) is 4.10. The van der Waals surface area contributed by atoms with Crippen molar-refractivity contribution in [1.82, 2.24) is 19.7 Å². The molecule has 0 bridgehead atoms. The Labute approximate surface area is 149 Å². The van der Waals surface area contributed by atoms with Crippen molar-refractivity contribution in [1.29, 1.82) is 0 Å². The van der Waals surface area contributed by atoms with Crippen LogP contribution in [0.1, 0.15) is 54.0 Å². The summed E-state index contributed by atoms with van der Waals surface area (Å²) in [5, 5.41) is 4.53. The first-order valence-electron chi connectivity index (χ1n) is 9.28. The zero-order chi connectivity index (χ0) is 17.6. The lowest BCUT2D eigenvalue weighted by atomic mass is 10.0. The number of amides is 1. The maximum atomic E-state index is 13.0. The molecule has 5 nitrogen and oxygen atoms in total. The van der Waals surface area contributed by atoms with E-state index in [2.05, 4.69) is 46.2 Å². The minimum Gasteiger partial charge on any atom is -0.340 e. The Hall–Kier alpha value is -2.17. The van der Waals surface area contributed by atoms with Crippen molar-refractivity contribution in [3.63, 3.8) is 0 Å². The SMILES string of the molecule is Cc1cccc([C@@H]2C[C@@H]2C(=O)N2CCC[C@H](n3nc(C)nc3C)C2)c1. The number of carbonyl (C=O) groups excluding carboxylic acids is 1. The van der Waals surface area contributed by atoms with Crippen molar-refractivity contribution in [2.24, 2.45) is 5.92 Å². The number of rotatable bonds is 3. The van der Waals surface area contributed by atoms with Gasteiger partial charge in [0, 0.05) is 19.0 Å². The average Bonchev–Trinajstić information content (AvgIpc) is 3.33. The molecule has 4 rings (SSSR count). The van der Waals surface area contributed by atoms with Crippen LogP contribution in [0.4, 0.5) is 0 Å². The fourth-order valence-corrected chi connectivity index (χ4v) is 4.21. The van der Waals surface area contributed by atoms with Crippen LogP contribution in [-0.2, 0) is 4.79 Å². The zero-order valence-corrected chi connectivity index (χ0v) is 15.3. The summed E-state index contributed by atoms with van der Waals surface area (Å²) in [4.78, 5) is 19.4. The molecule has 1 aliphatic heterocycles. The van der Waals surface area contributed by atoms with Gasteiger partial charge in [-0.15, -0.1) is 0 Å². The van der Waals surface area contributed by atoms with E-state index in [0.29, 0.717) is 11.8 Å². The van der Waals surface area contributed by atoms with Gasteiger partial charge in [0.05, 0.1) is 6.04 Å². The molecule has 1 aliphatic carbocycles. The highest BCUT2D eigenvalue weighted by Gasteiger charge is 2.46. The molecule has 1 saturated heterocycles. The van der Waals surface area contributed by atoms with Crippen LogP contribution < -0.4 is 0 Å². The smallest absolute Gasteiger partial charge is 0.226 e. The number of piperidine rings is 1. The minimum absolute atomic E-state index is 0.166. The van der Waals surface area contributed by atoms with Crippen molar-refractivity contribution >= 4 is 5.91 Å². The van der Waals surface area contributed by atoms with Crippen LogP contribution in [0.15, 0.2) is 24.3 Å². The Bertz CT molecular complexity index is 797. The van der Waals surface area contributed by atoms with E-state index >= 15 is 0 Å². The van der Waals surface area contributed by atoms with Gasteiger partial charge < -0.3 is 4.90 Å². The van der Waals surface area contributed by atoms with Gasteiger partial charge >= 0.3 is 0 Å². The Morgan fingerprint density at radius 2 is 2.08 bits per heavy atom. The van der Waals surface area contributed by atoms with E-state index in [1.54, 1.807) is 0 Å². The average molecular weight is 338 g/mol. The molecule has 0 spiro atoms. The fourth-order valence-electron chi connectivity index (χ4n) is 4.21. The number of aryl methyl sites for hydroxylation is 3. The second-order valence-electron chi connectivity index (χ2n) is 7.59. The van der Waals surface area contributed by atoms with Gasteiger partial charge in [-0.3, -0.25) is 4.79 Å². The molecule has 1 amide bonds. The van der Waals surface area contributed by atoms with E-state index in [4.69, 9.17) is 0 Å². The maximum Gasteiger partial charge on any atom is 0.226 e. The van der Waals surface area contributed by atoms with Gasteiger partial charge in [0.25, 0.3) is 0 Å². The van der Waals surface area contributed by atoms with Gasteiger partial charge in [0.1, 0.15) is 11.6 Å². The van der Waals surface area contributed by atoms with E-state index in [-0.39, 0.29) is 12.0 Å². The summed E-state index contributed by atoms with van der Waals surface area (Å²) in [6, 6.07) is 8.84. The Morgan fingerprint density at radius 3 is 2.80 bits per heavy atom. The van der Waals surface area contributed by atoms with Crippen molar-refractivity contribution < 1.29 is 4.79 Å². The lowest BCUT2D eigenvalue weighted by Gasteiger charge is -2.33. The molecule has 3 atom stereocenters. The number of benzene rings is 1. The van der Waals surface area contributed by atoms with Crippen LogP contribution in [0.5, 0.6) is 0 Å². The monoisotopic (exact) mass is 338 g/mol. The molecule has 0 unspecified atom stereocenters. The summed E-state index contributed by atoms with van der Waals surface area (Å²) in [6.07, 6.45) is 3.10. The third kappa shape index (κ3) is 3.20. The van der Waals surface area contributed by atoms with Gasteiger partial charge in [-0.25, -0.2) is 9.67 Å². The molecule has 0 radical (unpaired) electrons. The zero-order valence-electron chi connectivity index (χ0n) is 15.3. The summed E-state index contributed by atoms with van der Waals surface area (Å²) < 4.78 is 2.01. The van der Waals surface area contributed by atoms with Crippen LogP contribution in [-0.4, -0.2) is 38.7 Å². The number of carbonyl (C=O) groups is 1. The standard InChI is InChI=1S/C20H26N4O/c1-13-6-4-7-16(10-13)18-11-19(18)20(25)23-9-5-8-17(12-23)24-15(3)21-14(2)22-24/h4,6-7,10,17-19H,5,8-9,11-12H2,1-3H3/t17-,18-,19-/m0/s1. The minimum atomic E-state index is 0.166. The largest absolute Gasteiger partial charge is 0.340 e. The predicted molar refractivity (Wildman–Crippen MR) is 96.4 cm³/mol. The Balaban J connectivity index is 1.43. The third-order valence-electron chi connectivity index (χ3n) is 5.54. The van der Waals surface area contributed by atoms with E-state index in [0.717, 1.165) is 44.0 Å². The van der Waals surface area contributed by atoms with E-state index in [9.17, 15) is 4.79 Å². The van der Waals surface area contributed by atoms with Gasteiger partial charge in [-0.2, -0.15) is 5.10 Å². The molecule has 2 fully saturated rings. The van der Waals surface area contributed by atoms with Crippen LogP contribution in [0.25, 0.3) is 0 Å². The van der Waals surface area contributed by atoms with E-state index in [1.807, 2.05) is 18.5 Å². The van der Waals surface area contributed by atoms with Gasteiger partial charge in [0.15, 0.2) is 0 Å². The maximum absolute atomic E-state index is 13.0. The van der Waals surface area contributed by atoms with E-state index in [1.165, 1.54) is 11.1 Å². The molecule has 2 heterocycles. The first-order valence-corrected chi connectivity index (χ1v) is 9.28. The Morgan fingerprint density at radius 1 is 1.24 bits per heavy atom. The first kappa shape index (κ1) is 16.3. The summed E-state index contributed by atoms with van der Waals surface area (Å²) >= 11 is 0. The summed E-state index contributed by atoms with van der Waals surface area (Å²) in [5.74, 6) is 2.65. The summed E-state index contributed by atoms with van der Waals surface area (Å²) in [5.41, 5.74) is 2.58. The number of likely N-dealkylation sites (tertiary alicyclic amines) is 1. The molecule has 2 aliphatic rings. The van der Waals surface area contributed by atoms with Crippen molar-refractivity contribution in [2.45, 2.75) is 52.0 Å². The van der Waals surface area contributed by atoms with Gasteiger partial charge in [-0.05, 0) is 51.5 Å². The molecule has 2 aromatic rings. The van der Waals surface area contributed by atoms with Gasteiger partial charge in [-0.1, -0.05) is 29.8 Å². The topological polar surface area (TPSA) is 51.0 Å². The molecular weight excluding hydrogens is 312 g/mol. The van der Waals surface area contributed by atoms with E-state index < -0.39 is 0 Å². The van der Waals surface area contributed by atoms with Gasteiger partial charge in [0.2, 0.25) is 5.91 Å². The van der Waals surface area contributed by atoms with Crippen molar-refractivity contribution in [3.05, 3.63) is 47.0 Å². The van der Waals surface area contributed by atoms with Crippen molar-refractivity contribution in [3.8, 4) is 0 Å². The fraction of sp³-hybridized carbons (Fsp3) is 0.550. The summed E-state index contributed by atoms with van der Waals surface area (Å²) in [7, 11) is 0. The highest BCUT2D eigenvalue weighted by atomic mass is 16.2. The molecule has 0 N–H and O–H groups in total. The highest BCUT2D eigenvalue weighted by Crippen LogP contribution is 2.49. The number of aromatic nitrogens is 3. The predicted octanol–water partition coefficient (Wildman–Crippen LogP) is 3.17. The highest BCUT2D eigenvalue weighted by molar-refractivity contribution is 5.83. The number of hydrogen-bond donors (Lipinski definition) is 0. The third-order valence-corrected chi connectivity index (χ3v) is 5.54. The molecular formula is C20H26N4O. The molecule has 25 heavy (non-hydrogen) atoms. The molecule has 1 aromatic carbocycles. The quantitative estimate of drug-likeness (QED) is 0.864. The first-order chi connectivity index (χ1) is 12.0. The lowest BCUT2D eigenvalue weighted by molar-refractivity contribution is -0.134. The van der Waals surface area contributed by atoms with Crippen LogP contribution in [0, 0.1) is 26.7 Å². The molecule has 1 saturated carbocycles. The second-order valence-corrected chi connectivity index (χ2v) is 7.59. The second kappa shape index (κ2) is 6.28. The molecule has 5 heteroatoms. The number of hydrogen-bond acceptors (Lipinski definition) is 3. The number of nitrogens with zero attached hydrogens (tertiary/aromatic N) is 4. The molecule has 1 aromatic heterocycles.